The van der Waals surface area contributed by atoms with Crippen LogP contribution >= 0.6 is 0 Å². The average Bonchev–Trinajstić information content (AvgIpc) is 2.71. The van der Waals surface area contributed by atoms with Crippen molar-refractivity contribution in [1.29, 1.82) is 0 Å². The standard InChI is InChI=1S/C15H23N5O/c1-9-12(14(21-7)20(6)19-9)13-17-10(15(2,3)4)8-11(16-5)18-13/h8H,1-7H3,(H,16,17,18). The molecule has 0 aliphatic rings. The van der Waals surface area contributed by atoms with E-state index < -0.39 is 0 Å². The minimum Gasteiger partial charge on any atom is -0.481 e. The lowest BCUT2D eigenvalue weighted by atomic mass is 9.92. The summed E-state index contributed by atoms with van der Waals surface area (Å²) in [5.41, 5.74) is 2.60. The van der Waals surface area contributed by atoms with Crippen LogP contribution in [0.15, 0.2) is 6.07 Å². The third kappa shape index (κ3) is 2.84. The smallest absolute Gasteiger partial charge is 0.222 e. The summed E-state index contributed by atoms with van der Waals surface area (Å²) in [7, 11) is 5.33. The van der Waals surface area contributed by atoms with Crippen LogP contribution in [0.5, 0.6) is 5.88 Å². The van der Waals surface area contributed by atoms with Gasteiger partial charge in [-0.2, -0.15) is 5.10 Å². The minimum atomic E-state index is -0.0629. The molecule has 0 aromatic carbocycles. The molecule has 0 bridgehead atoms. The Balaban J connectivity index is 2.69. The number of hydrogen-bond donors (Lipinski definition) is 1. The molecule has 2 aromatic rings. The highest BCUT2D eigenvalue weighted by Gasteiger charge is 2.23. The number of nitrogens with one attached hydrogen (secondary N) is 1. The largest absolute Gasteiger partial charge is 0.481 e. The van der Waals surface area contributed by atoms with Gasteiger partial charge in [0.25, 0.3) is 0 Å². The Morgan fingerprint density at radius 2 is 1.90 bits per heavy atom. The van der Waals surface area contributed by atoms with E-state index >= 15 is 0 Å². The molecule has 2 heterocycles. The van der Waals surface area contributed by atoms with E-state index in [1.165, 1.54) is 0 Å². The highest BCUT2D eigenvalue weighted by atomic mass is 16.5. The summed E-state index contributed by atoms with van der Waals surface area (Å²) in [5.74, 6) is 2.09. The van der Waals surface area contributed by atoms with Crippen molar-refractivity contribution in [2.75, 3.05) is 19.5 Å². The monoisotopic (exact) mass is 289 g/mol. The average molecular weight is 289 g/mol. The van der Waals surface area contributed by atoms with E-state index in [-0.39, 0.29) is 5.41 Å². The van der Waals surface area contributed by atoms with Crippen LogP contribution in [0.25, 0.3) is 11.4 Å². The quantitative estimate of drug-likeness (QED) is 0.940. The van der Waals surface area contributed by atoms with Crippen LogP contribution < -0.4 is 10.1 Å². The first-order valence-electron chi connectivity index (χ1n) is 6.93. The van der Waals surface area contributed by atoms with Gasteiger partial charge in [-0.3, -0.25) is 0 Å². The highest BCUT2D eigenvalue weighted by Crippen LogP contribution is 2.32. The molecule has 6 heteroatoms. The normalized spacial score (nSPS) is 11.6. The first kappa shape index (κ1) is 15.3. The van der Waals surface area contributed by atoms with Crippen LogP contribution in [0.3, 0.4) is 0 Å². The van der Waals surface area contributed by atoms with Crippen molar-refractivity contribution in [2.45, 2.75) is 33.1 Å². The number of anilines is 1. The molecule has 114 valence electrons. The molecule has 2 rings (SSSR count). The molecule has 0 saturated carbocycles. The maximum atomic E-state index is 5.45. The fraction of sp³-hybridized carbons (Fsp3) is 0.533. The molecule has 0 fully saturated rings. The Morgan fingerprint density at radius 3 is 2.43 bits per heavy atom. The van der Waals surface area contributed by atoms with Gasteiger partial charge in [0.1, 0.15) is 11.4 Å². The van der Waals surface area contributed by atoms with Crippen LogP contribution in [-0.4, -0.2) is 33.9 Å². The summed E-state index contributed by atoms with van der Waals surface area (Å²) < 4.78 is 7.16. The highest BCUT2D eigenvalue weighted by molar-refractivity contribution is 5.66. The van der Waals surface area contributed by atoms with E-state index in [0.29, 0.717) is 11.7 Å². The van der Waals surface area contributed by atoms with Gasteiger partial charge in [0.2, 0.25) is 5.88 Å². The van der Waals surface area contributed by atoms with E-state index in [1.54, 1.807) is 11.8 Å². The molecule has 0 spiro atoms. The van der Waals surface area contributed by atoms with Crippen LogP contribution in [0, 0.1) is 6.92 Å². The predicted molar refractivity (Wildman–Crippen MR) is 83.8 cm³/mol. The maximum absolute atomic E-state index is 5.45. The zero-order valence-electron chi connectivity index (χ0n) is 13.8. The second kappa shape index (κ2) is 5.35. The second-order valence-corrected chi connectivity index (χ2v) is 6.06. The molecule has 1 N–H and O–H groups in total. The summed E-state index contributed by atoms with van der Waals surface area (Å²) in [6.07, 6.45) is 0. The van der Waals surface area contributed by atoms with Gasteiger partial charge in [0.15, 0.2) is 5.82 Å². The number of ether oxygens (including phenoxy) is 1. The van der Waals surface area contributed by atoms with E-state index in [1.807, 2.05) is 27.1 Å². The lowest BCUT2D eigenvalue weighted by Gasteiger charge is -2.19. The second-order valence-electron chi connectivity index (χ2n) is 6.06. The van der Waals surface area contributed by atoms with Crippen LogP contribution in [-0.2, 0) is 12.5 Å². The molecule has 0 aliphatic carbocycles. The van der Waals surface area contributed by atoms with Gasteiger partial charge in [-0.1, -0.05) is 20.8 Å². The first-order chi connectivity index (χ1) is 9.77. The Bertz CT molecular complexity index is 655. The number of aromatic nitrogens is 4. The first-order valence-corrected chi connectivity index (χ1v) is 6.93. The molecule has 0 saturated heterocycles. The SMILES string of the molecule is CNc1cc(C(C)(C)C)nc(-c2c(C)nn(C)c2OC)n1. The Labute approximate surface area is 125 Å². The molecule has 21 heavy (non-hydrogen) atoms. The van der Waals surface area contributed by atoms with Crippen molar-refractivity contribution in [3.8, 4) is 17.3 Å². The molecular weight excluding hydrogens is 266 g/mol. The Kier molecular flexibility index (Phi) is 3.89. The molecule has 0 amide bonds. The molecule has 0 aliphatic heterocycles. The predicted octanol–water partition coefficient (Wildman–Crippen LogP) is 2.53. The van der Waals surface area contributed by atoms with Gasteiger partial charge in [-0.25, -0.2) is 14.6 Å². The summed E-state index contributed by atoms with van der Waals surface area (Å²) in [5, 5.41) is 7.49. The molecule has 0 atom stereocenters. The zero-order chi connectivity index (χ0) is 15.8. The van der Waals surface area contributed by atoms with Crippen molar-refractivity contribution in [3.05, 3.63) is 17.5 Å². The van der Waals surface area contributed by atoms with Crippen molar-refractivity contribution in [3.63, 3.8) is 0 Å². The van der Waals surface area contributed by atoms with Crippen molar-refractivity contribution < 1.29 is 4.74 Å². The van der Waals surface area contributed by atoms with Gasteiger partial charge in [-0.15, -0.1) is 0 Å². The third-order valence-corrected chi connectivity index (χ3v) is 3.34. The number of rotatable bonds is 3. The minimum absolute atomic E-state index is 0.0629. The molecule has 6 nitrogen and oxygen atoms in total. The lowest BCUT2D eigenvalue weighted by molar-refractivity contribution is 0.374. The van der Waals surface area contributed by atoms with Gasteiger partial charge in [-0.05, 0) is 6.92 Å². The summed E-state index contributed by atoms with van der Waals surface area (Å²) in [6.45, 7) is 8.33. The van der Waals surface area contributed by atoms with E-state index in [4.69, 9.17) is 9.72 Å². The van der Waals surface area contributed by atoms with Crippen molar-refractivity contribution >= 4 is 5.82 Å². The van der Waals surface area contributed by atoms with Crippen molar-refractivity contribution in [2.24, 2.45) is 7.05 Å². The number of nitrogens with zero attached hydrogens (tertiary/aromatic N) is 4. The van der Waals surface area contributed by atoms with E-state index in [0.717, 1.165) is 22.8 Å². The topological polar surface area (TPSA) is 64.9 Å². The van der Waals surface area contributed by atoms with Crippen LogP contribution in [0.4, 0.5) is 5.82 Å². The number of methoxy groups -OCH3 is 1. The van der Waals surface area contributed by atoms with Crippen LogP contribution in [0.1, 0.15) is 32.2 Å². The molecular formula is C15H23N5O. The maximum Gasteiger partial charge on any atom is 0.222 e. The lowest BCUT2D eigenvalue weighted by Crippen LogP contribution is -2.15. The van der Waals surface area contributed by atoms with Gasteiger partial charge < -0.3 is 10.1 Å². The van der Waals surface area contributed by atoms with Crippen LogP contribution in [0.2, 0.25) is 0 Å². The van der Waals surface area contributed by atoms with Gasteiger partial charge in [0, 0.05) is 25.6 Å². The van der Waals surface area contributed by atoms with Crippen molar-refractivity contribution in [1.82, 2.24) is 19.7 Å². The fourth-order valence-electron chi connectivity index (χ4n) is 2.20. The van der Waals surface area contributed by atoms with Gasteiger partial charge in [0.05, 0.1) is 18.5 Å². The zero-order valence-corrected chi connectivity index (χ0v) is 13.8. The fourth-order valence-corrected chi connectivity index (χ4v) is 2.20. The molecule has 2 aromatic heterocycles. The van der Waals surface area contributed by atoms with Gasteiger partial charge >= 0.3 is 0 Å². The number of aryl methyl sites for hydroxylation is 2. The Morgan fingerprint density at radius 1 is 1.24 bits per heavy atom. The summed E-state index contributed by atoms with van der Waals surface area (Å²) in [6, 6.07) is 1.97. The van der Waals surface area contributed by atoms with E-state index in [2.05, 4.69) is 36.2 Å². The number of hydrogen-bond acceptors (Lipinski definition) is 5. The molecule has 0 unspecified atom stereocenters. The summed E-state index contributed by atoms with van der Waals surface area (Å²) in [4.78, 5) is 9.28. The Hall–Kier alpha value is -2.11. The summed E-state index contributed by atoms with van der Waals surface area (Å²) >= 11 is 0. The third-order valence-electron chi connectivity index (χ3n) is 3.34. The molecule has 0 radical (unpaired) electrons. The van der Waals surface area contributed by atoms with E-state index in [9.17, 15) is 0 Å².